The minimum absolute atomic E-state index is 0.0103. The van der Waals surface area contributed by atoms with E-state index in [-0.39, 0.29) is 29.2 Å². The van der Waals surface area contributed by atoms with Gasteiger partial charge in [0.1, 0.15) is 0 Å². The van der Waals surface area contributed by atoms with E-state index >= 15 is 0 Å². The van der Waals surface area contributed by atoms with Crippen LogP contribution in [0.3, 0.4) is 0 Å². The zero-order valence-electron chi connectivity index (χ0n) is 18.2. The maximum absolute atomic E-state index is 12.5. The van der Waals surface area contributed by atoms with Crippen molar-refractivity contribution in [2.75, 3.05) is 18.6 Å². The van der Waals surface area contributed by atoms with E-state index in [2.05, 4.69) is 15.3 Å². The summed E-state index contributed by atoms with van der Waals surface area (Å²) in [6.45, 7) is 0.0878. The van der Waals surface area contributed by atoms with Crippen molar-refractivity contribution in [3.63, 3.8) is 0 Å². The van der Waals surface area contributed by atoms with Gasteiger partial charge in [0.05, 0.1) is 24.4 Å². The third-order valence-electron chi connectivity index (χ3n) is 5.36. The van der Waals surface area contributed by atoms with Crippen LogP contribution in [0, 0.1) is 0 Å². The van der Waals surface area contributed by atoms with Crippen LogP contribution in [0.1, 0.15) is 37.7 Å². The summed E-state index contributed by atoms with van der Waals surface area (Å²) in [4.78, 5) is 32.7. The molecule has 1 fully saturated rings. The summed E-state index contributed by atoms with van der Waals surface area (Å²) in [5.41, 5.74) is 0.716. The Bertz CT molecular complexity index is 1050. The molecule has 1 aliphatic rings. The Labute approximate surface area is 192 Å². The summed E-state index contributed by atoms with van der Waals surface area (Å²) in [6.07, 6.45) is 6.59. The number of carbonyl (C=O) groups is 2. The lowest BCUT2D eigenvalue weighted by molar-refractivity contribution is 0.201. The zero-order chi connectivity index (χ0) is 23.8. The summed E-state index contributed by atoms with van der Waals surface area (Å²) >= 11 is 0. The molecule has 0 radical (unpaired) electrons. The Morgan fingerprint density at radius 1 is 1.12 bits per heavy atom. The maximum Gasteiger partial charge on any atom is 0.413 e. The fraction of sp³-hybridized carbons (Fsp3) is 0.429. The Morgan fingerprint density at radius 2 is 1.82 bits per heavy atom. The molecule has 0 unspecified atom stereocenters. The predicted octanol–water partition coefficient (Wildman–Crippen LogP) is 2.53. The van der Waals surface area contributed by atoms with Gasteiger partial charge in [-0.05, 0) is 37.0 Å². The number of aromatic nitrogens is 2. The van der Waals surface area contributed by atoms with Crippen LogP contribution in [0.15, 0.2) is 41.6 Å². The van der Waals surface area contributed by atoms with Crippen LogP contribution in [-0.2, 0) is 16.4 Å². The summed E-state index contributed by atoms with van der Waals surface area (Å²) in [5, 5.41) is 12.2. The van der Waals surface area contributed by atoms with Crippen molar-refractivity contribution >= 4 is 28.0 Å². The first-order chi connectivity index (χ1) is 15.8. The number of carboxylic acid groups (broad SMARTS) is 1. The standard InChI is InChI=1S/C21H27N5O6S/c1-32-19-14-22-18(13-23-19)26(21(28)29)12-11-15-7-9-17(10-8-15)33(30,31)25-20(27)24-16-5-3-2-4-6-16/h7-10,13-14,16H,2-6,11-12H2,1H3,(H,28,29)(H2,24,25,27). The van der Waals surface area contributed by atoms with Crippen molar-refractivity contribution in [3.8, 4) is 5.88 Å². The molecular weight excluding hydrogens is 450 g/mol. The van der Waals surface area contributed by atoms with Gasteiger partial charge in [0, 0.05) is 12.6 Å². The average molecular weight is 478 g/mol. The molecule has 0 atom stereocenters. The lowest BCUT2D eigenvalue weighted by Gasteiger charge is -2.22. The highest BCUT2D eigenvalue weighted by Crippen LogP contribution is 2.18. The van der Waals surface area contributed by atoms with Gasteiger partial charge >= 0.3 is 12.1 Å². The average Bonchev–Trinajstić information content (AvgIpc) is 2.80. The van der Waals surface area contributed by atoms with Crippen molar-refractivity contribution in [2.45, 2.75) is 49.5 Å². The normalized spacial score (nSPS) is 14.3. The van der Waals surface area contributed by atoms with Crippen LogP contribution in [0.2, 0.25) is 0 Å². The number of benzene rings is 1. The number of methoxy groups -OCH3 is 1. The number of ether oxygens (including phenoxy) is 1. The minimum Gasteiger partial charge on any atom is -0.480 e. The fourth-order valence-corrected chi connectivity index (χ4v) is 4.50. The Morgan fingerprint density at radius 3 is 2.39 bits per heavy atom. The molecular formula is C21H27N5O6S. The second kappa shape index (κ2) is 10.9. The van der Waals surface area contributed by atoms with Gasteiger partial charge in [0.2, 0.25) is 5.88 Å². The second-order valence-electron chi connectivity index (χ2n) is 7.66. The lowest BCUT2D eigenvalue weighted by atomic mass is 9.96. The molecule has 3 rings (SSSR count). The van der Waals surface area contributed by atoms with Crippen molar-refractivity contribution in [3.05, 3.63) is 42.2 Å². The van der Waals surface area contributed by atoms with E-state index in [1.54, 1.807) is 12.1 Å². The highest BCUT2D eigenvalue weighted by atomic mass is 32.2. The van der Waals surface area contributed by atoms with Gasteiger partial charge in [-0.3, -0.25) is 4.90 Å². The van der Waals surface area contributed by atoms with Crippen molar-refractivity contribution in [1.29, 1.82) is 0 Å². The van der Waals surface area contributed by atoms with Gasteiger partial charge in [-0.1, -0.05) is 31.4 Å². The second-order valence-corrected chi connectivity index (χ2v) is 9.34. The van der Waals surface area contributed by atoms with Gasteiger partial charge in [0.25, 0.3) is 10.0 Å². The monoisotopic (exact) mass is 477 g/mol. The van der Waals surface area contributed by atoms with E-state index in [1.807, 2.05) is 4.72 Å². The predicted molar refractivity (Wildman–Crippen MR) is 120 cm³/mol. The SMILES string of the molecule is COc1cnc(N(CCc2ccc(S(=O)(=O)NC(=O)NC3CCCCC3)cc2)C(=O)O)cn1. The highest BCUT2D eigenvalue weighted by Gasteiger charge is 2.21. The molecule has 178 valence electrons. The smallest absolute Gasteiger partial charge is 0.413 e. The number of nitrogens with zero attached hydrogens (tertiary/aromatic N) is 3. The number of carbonyl (C=O) groups excluding carboxylic acids is 1. The Balaban J connectivity index is 1.58. The lowest BCUT2D eigenvalue weighted by Crippen LogP contribution is -2.45. The van der Waals surface area contributed by atoms with E-state index in [0.717, 1.165) is 37.0 Å². The number of hydrogen-bond donors (Lipinski definition) is 3. The van der Waals surface area contributed by atoms with E-state index in [4.69, 9.17) is 4.74 Å². The summed E-state index contributed by atoms with van der Waals surface area (Å²) in [6, 6.07) is 5.17. The summed E-state index contributed by atoms with van der Waals surface area (Å²) < 4.78 is 32.0. The van der Waals surface area contributed by atoms with Crippen molar-refractivity contribution < 1.29 is 27.9 Å². The molecule has 1 aliphatic carbocycles. The van der Waals surface area contributed by atoms with Crippen LogP contribution < -0.4 is 19.7 Å². The number of nitrogens with one attached hydrogen (secondary N) is 2. The molecule has 1 saturated carbocycles. The van der Waals surface area contributed by atoms with E-state index in [0.29, 0.717) is 12.0 Å². The first-order valence-corrected chi connectivity index (χ1v) is 12.1. The molecule has 0 bridgehead atoms. The first-order valence-electron chi connectivity index (χ1n) is 10.6. The zero-order valence-corrected chi connectivity index (χ0v) is 19.0. The van der Waals surface area contributed by atoms with Gasteiger partial charge in [0.15, 0.2) is 5.82 Å². The molecule has 11 nitrogen and oxygen atoms in total. The molecule has 3 N–H and O–H groups in total. The number of hydrogen-bond acceptors (Lipinski definition) is 7. The number of urea groups is 1. The van der Waals surface area contributed by atoms with Crippen LogP contribution in [-0.4, -0.2) is 55.3 Å². The number of amides is 3. The largest absolute Gasteiger partial charge is 0.480 e. The molecule has 2 aromatic rings. The molecule has 0 spiro atoms. The van der Waals surface area contributed by atoms with E-state index in [1.165, 1.54) is 31.6 Å². The van der Waals surface area contributed by atoms with Crippen LogP contribution >= 0.6 is 0 Å². The van der Waals surface area contributed by atoms with Crippen LogP contribution in [0.5, 0.6) is 5.88 Å². The Hall–Kier alpha value is -3.41. The molecule has 0 aliphatic heterocycles. The molecule has 3 amide bonds. The summed E-state index contributed by atoms with van der Waals surface area (Å²) in [5.74, 6) is 0.414. The van der Waals surface area contributed by atoms with Gasteiger partial charge < -0.3 is 15.2 Å². The fourth-order valence-electron chi connectivity index (χ4n) is 3.58. The third-order valence-corrected chi connectivity index (χ3v) is 6.70. The minimum atomic E-state index is -4.02. The molecule has 33 heavy (non-hydrogen) atoms. The van der Waals surface area contributed by atoms with E-state index in [9.17, 15) is 23.1 Å². The number of rotatable bonds is 8. The van der Waals surface area contributed by atoms with Crippen LogP contribution in [0.4, 0.5) is 15.4 Å². The third kappa shape index (κ3) is 6.78. The Kier molecular flexibility index (Phi) is 8.04. The molecule has 0 saturated heterocycles. The highest BCUT2D eigenvalue weighted by molar-refractivity contribution is 7.90. The number of sulfonamides is 1. The topological polar surface area (TPSA) is 151 Å². The first kappa shape index (κ1) is 24.2. The van der Waals surface area contributed by atoms with Crippen LogP contribution in [0.25, 0.3) is 0 Å². The molecule has 1 aromatic carbocycles. The quantitative estimate of drug-likeness (QED) is 0.525. The van der Waals surface area contributed by atoms with Gasteiger partial charge in [-0.2, -0.15) is 0 Å². The summed E-state index contributed by atoms with van der Waals surface area (Å²) in [7, 11) is -2.59. The van der Waals surface area contributed by atoms with Crippen molar-refractivity contribution in [2.24, 2.45) is 0 Å². The van der Waals surface area contributed by atoms with Gasteiger partial charge in [-0.25, -0.2) is 32.7 Å². The maximum atomic E-state index is 12.5. The molecule has 1 aromatic heterocycles. The number of anilines is 1. The molecule has 12 heteroatoms. The van der Waals surface area contributed by atoms with Gasteiger partial charge in [-0.15, -0.1) is 0 Å². The van der Waals surface area contributed by atoms with Crippen molar-refractivity contribution in [1.82, 2.24) is 20.0 Å². The molecule has 1 heterocycles. The van der Waals surface area contributed by atoms with E-state index < -0.39 is 22.1 Å².